The lowest BCUT2D eigenvalue weighted by Crippen LogP contribution is -2.32. The number of carbonyl (C=O) groups is 1. The van der Waals surface area contributed by atoms with Crippen LogP contribution in [0.3, 0.4) is 0 Å². The Kier molecular flexibility index (Phi) is 6.70. The molecule has 1 N–H and O–H groups in total. The molecule has 0 bridgehead atoms. The SMILES string of the molecule is COC(=O)CNCC1CCC(OCc2ccccc2)CC1. The largest absolute Gasteiger partial charge is 0.468 e. The molecule has 0 amide bonds. The highest BCUT2D eigenvalue weighted by molar-refractivity contribution is 5.71. The van der Waals surface area contributed by atoms with Crippen molar-refractivity contribution < 1.29 is 14.3 Å². The van der Waals surface area contributed by atoms with Crippen LogP contribution >= 0.6 is 0 Å². The molecule has 1 aliphatic carbocycles. The number of ether oxygens (including phenoxy) is 2. The molecule has 0 atom stereocenters. The van der Waals surface area contributed by atoms with Crippen molar-refractivity contribution in [2.75, 3.05) is 20.2 Å². The maximum absolute atomic E-state index is 11.0. The van der Waals surface area contributed by atoms with Gasteiger partial charge in [-0.15, -0.1) is 0 Å². The number of hydrogen-bond acceptors (Lipinski definition) is 4. The summed E-state index contributed by atoms with van der Waals surface area (Å²) in [5, 5.41) is 3.16. The second kappa shape index (κ2) is 8.80. The summed E-state index contributed by atoms with van der Waals surface area (Å²) in [5.41, 5.74) is 1.24. The third kappa shape index (κ3) is 5.86. The van der Waals surface area contributed by atoms with Crippen LogP contribution < -0.4 is 5.32 Å². The van der Waals surface area contributed by atoms with E-state index in [0.29, 0.717) is 25.2 Å². The van der Waals surface area contributed by atoms with Gasteiger partial charge in [0.05, 0.1) is 26.4 Å². The van der Waals surface area contributed by atoms with Crippen molar-refractivity contribution in [1.82, 2.24) is 5.32 Å². The molecule has 1 aromatic rings. The number of carbonyl (C=O) groups excluding carboxylic acids is 1. The molecular weight excluding hydrogens is 266 g/mol. The molecule has 1 aromatic carbocycles. The van der Waals surface area contributed by atoms with E-state index >= 15 is 0 Å². The summed E-state index contributed by atoms with van der Waals surface area (Å²) in [5.74, 6) is 0.445. The van der Waals surface area contributed by atoms with E-state index in [4.69, 9.17) is 4.74 Å². The van der Waals surface area contributed by atoms with Crippen molar-refractivity contribution in [3.63, 3.8) is 0 Å². The van der Waals surface area contributed by atoms with Crippen LogP contribution in [0.1, 0.15) is 31.2 Å². The molecule has 0 radical (unpaired) electrons. The number of hydrogen-bond donors (Lipinski definition) is 1. The minimum absolute atomic E-state index is 0.199. The fourth-order valence-corrected chi connectivity index (χ4v) is 2.74. The molecule has 0 aliphatic heterocycles. The highest BCUT2D eigenvalue weighted by Crippen LogP contribution is 2.26. The maximum Gasteiger partial charge on any atom is 0.319 e. The smallest absolute Gasteiger partial charge is 0.319 e. The molecule has 4 nitrogen and oxygen atoms in total. The van der Waals surface area contributed by atoms with Crippen molar-refractivity contribution in [3.05, 3.63) is 35.9 Å². The molecule has 2 rings (SSSR count). The van der Waals surface area contributed by atoms with Crippen LogP contribution in [0.4, 0.5) is 0 Å². The van der Waals surface area contributed by atoms with Crippen LogP contribution in [0, 0.1) is 5.92 Å². The fraction of sp³-hybridized carbons (Fsp3) is 0.588. The molecule has 0 saturated heterocycles. The van der Waals surface area contributed by atoms with Crippen LogP contribution in [0.25, 0.3) is 0 Å². The van der Waals surface area contributed by atoms with E-state index in [0.717, 1.165) is 32.2 Å². The summed E-state index contributed by atoms with van der Waals surface area (Å²) in [7, 11) is 1.42. The zero-order chi connectivity index (χ0) is 14.9. The van der Waals surface area contributed by atoms with Crippen LogP contribution in [-0.4, -0.2) is 32.3 Å². The van der Waals surface area contributed by atoms with E-state index in [1.807, 2.05) is 18.2 Å². The van der Waals surface area contributed by atoms with Gasteiger partial charge in [-0.25, -0.2) is 0 Å². The highest BCUT2D eigenvalue weighted by Gasteiger charge is 2.21. The number of esters is 1. The molecule has 4 heteroatoms. The second-order valence-electron chi connectivity index (χ2n) is 5.65. The Morgan fingerprint density at radius 1 is 1.19 bits per heavy atom. The standard InChI is InChI=1S/C17H25NO3/c1-20-17(19)12-18-11-14-7-9-16(10-8-14)21-13-15-5-3-2-4-6-15/h2-6,14,16,18H,7-13H2,1H3. The van der Waals surface area contributed by atoms with Gasteiger partial charge in [0.1, 0.15) is 0 Å². The number of nitrogens with one attached hydrogen (secondary N) is 1. The van der Waals surface area contributed by atoms with Crippen LogP contribution in [0.15, 0.2) is 30.3 Å². The number of benzene rings is 1. The Bertz CT molecular complexity index is 413. The molecule has 0 spiro atoms. The average Bonchev–Trinajstić information content (AvgIpc) is 2.55. The topological polar surface area (TPSA) is 47.6 Å². The van der Waals surface area contributed by atoms with Crippen molar-refractivity contribution in [1.29, 1.82) is 0 Å². The number of rotatable bonds is 7. The van der Waals surface area contributed by atoms with Crippen molar-refractivity contribution >= 4 is 5.97 Å². The van der Waals surface area contributed by atoms with Gasteiger partial charge in [0.15, 0.2) is 0 Å². The number of methoxy groups -OCH3 is 1. The molecule has 0 aromatic heterocycles. The zero-order valence-electron chi connectivity index (χ0n) is 12.7. The minimum atomic E-state index is -0.199. The normalized spacial score (nSPS) is 22.0. The summed E-state index contributed by atoms with van der Waals surface area (Å²) in [4.78, 5) is 11.0. The summed E-state index contributed by atoms with van der Waals surface area (Å²) in [6.45, 7) is 1.90. The van der Waals surface area contributed by atoms with E-state index in [9.17, 15) is 4.79 Å². The van der Waals surface area contributed by atoms with E-state index in [2.05, 4.69) is 22.2 Å². The Balaban J connectivity index is 1.59. The maximum atomic E-state index is 11.0. The first-order chi connectivity index (χ1) is 10.3. The average molecular weight is 291 g/mol. The lowest BCUT2D eigenvalue weighted by atomic mass is 9.87. The van der Waals surface area contributed by atoms with Crippen LogP contribution in [-0.2, 0) is 20.9 Å². The zero-order valence-corrected chi connectivity index (χ0v) is 12.7. The van der Waals surface area contributed by atoms with Gasteiger partial charge in [-0.2, -0.15) is 0 Å². The first-order valence-electron chi connectivity index (χ1n) is 7.71. The lowest BCUT2D eigenvalue weighted by Gasteiger charge is -2.28. The molecule has 1 fully saturated rings. The molecular formula is C17H25NO3. The van der Waals surface area contributed by atoms with Gasteiger partial charge >= 0.3 is 5.97 Å². The van der Waals surface area contributed by atoms with Gasteiger partial charge in [-0.3, -0.25) is 4.79 Å². The van der Waals surface area contributed by atoms with Gasteiger partial charge in [-0.05, 0) is 43.7 Å². The van der Waals surface area contributed by atoms with Crippen LogP contribution in [0.2, 0.25) is 0 Å². The van der Waals surface area contributed by atoms with Crippen molar-refractivity contribution in [2.45, 2.75) is 38.4 Å². The first kappa shape index (κ1) is 16.0. The summed E-state index contributed by atoms with van der Waals surface area (Å²) in [6, 6.07) is 10.3. The molecule has 1 saturated carbocycles. The van der Waals surface area contributed by atoms with Crippen LogP contribution in [0.5, 0.6) is 0 Å². The first-order valence-corrected chi connectivity index (χ1v) is 7.71. The minimum Gasteiger partial charge on any atom is -0.468 e. The van der Waals surface area contributed by atoms with Crippen molar-refractivity contribution in [2.24, 2.45) is 5.92 Å². The third-order valence-electron chi connectivity index (χ3n) is 4.05. The Labute approximate surface area is 126 Å². The Hall–Kier alpha value is -1.39. The quantitative estimate of drug-likeness (QED) is 0.784. The van der Waals surface area contributed by atoms with E-state index in [1.165, 1.54) is 12.7 Å². The predicted octanol–water partition coefficient (Wildman–Crippen LogP) is 2.52. The van der Waals surface area contributed by atoms with Gasteiger partial charge < -0.3 is 14.8 Å². The van der Waals surface area contributed by atoms with E-state index < -0.39 is 0 Å². The van der Waals surface area contributed by atoms with E-state index in [1.54, 1.807) is 0 Å². The summed E-state index contributed by atoms with van der Waals surface area (Å²) in [6.07, 6.45) is 4.91. The summed E-state index contributed by atoms with van der Waals surface area (Å²) >= 11 is 0. The molecule has 1 aliphatic rings. The van der Waals surface area contributed by atoms with Gasteiger partial charge in [-0.1, -0.05) is 30.3 Å². The molecule has 21 heavy (non-hydrogen) atoms. The third-order valence-corrected chi connectivity index (χ3v) is 4.05. The lowest BCUT2D eigenvalue weighted by molar-refractivity contribution is -0.139. The predicted molar refractivity (Wildman–Crippen MR) is 81.9 cm³/mol. The molecule has 0 heterocycles. The summed E-state index contributed by atoms with van der Waals surface area (Å²) < 4.78 is 10.6. The Morgan fingerprint density at radius 2 is 1.90 bits per heavy atom. The molecule has 116 valence electrons. The second-order valence-corrected chi connectivity index (χ2v) is 5.65. The van der Waals surface area contributed by atoms with Gasteiger partial charge in [0, 0.05) is 0 Å². The Morgan fingerprint density at radius 3 is 2.57 bits per heavy atom. The molecule has 0 unspecified atom stereocenters. The van der Waals surface area contributed by atoms with Gasteiger partial charge in [0.25, 0.3) is 0 Å². The van der Waals surface area contributed by atoms with Gasteiger partial charge in [0.2, 0.25) is 0 Å². The highest BCUT2D eigenvalue weighted by atomic mass is 16.5. The van der Waals surface area contributed by atoms with Crippen molar-refractivity contribution in [3.8, 4) is 0 Å². The van der Waals surface area contributed by atoms with E-state index in [-0.39, 0.29) is 5.97 Å². The fourth-order valence-electron chi connectivity index (χ4n) is 2.74. The monoisotopic (exact) mass is 291 g/mol.